The highest BCUT2D eigenvalue weighted by Gasteiger charge is 2.80. The van der Waals surface area contributed by atoms with Crippen molar-refractivity contribution in [3.8, 4) is 0 Å². The molecule has 8 atom stereocenters. The van der Waals surface area contributed by atoms with E-state index in [9.17, 15) is 14.7 Å². The largest absolute Gasteiger partial charge is 0.463 e. The van der Waals surface area contributed by atoms with Gasteiger partial charge in [-0.2, -0.15) is 0 Å². The number of carbonyl (C=O) groups excluding carboxylic acids is 2. The molecule has 0 radical (unpaired) electrons. The quantitative estimate of drug-likeness (QED) is 0.503. The minimum absolute atomic E-state index is 0.0683. The zero-order chi connectivity index (χ0) is 27.4. The van der Waals surface area contributed by atoms with Gasteiger partial charge in [0.05, 0.1) is 24.9 Å². The van der Waals surface area contributed by atoms with Gasteiger partial charge in [0.1, 0.15) is 0 Å². The molecule has 1 heterocycles. The van der Waals surface area contributed by atoms with Crippen molar-refractivity contribution in [3.63, 3.8) is 0 Å². The molecule has 5 fully saturated rings. The van der Waals surface area contributed by atoms with E-state index >= 15 is 4.39 Å². The summed E-state index contributed by atoms with van der Waals surface area (Å²) in [4.78, 5) is 33.0. The van der Waals surface area contributed by atoms with Crippen LogP contribution in [0.3, 0.4) is 0 Å². The monoisotopic (exact) mass is 555 g/mol. The lowest BCUT2D eigenvalue weighted by Gasteiger charge is -2.62. The molecule has 0 amide bonds. The summed E-state index contributed by atoms with van der Waals surface area (Å²) in [5.74, 6) is -1.05. The zero-order valence-electron chi connectivity index (χ0n) is 22.4. The number of fused-ring (bicyclic) bond motifs is 7. The number of carbonyl (C=O) groups is 2. The fraction of sp³-hybridized carbons (Fsp3) is 0.613. The first-order valence-corrected chi connectivity index (χ1v) is 14.6. The lowest BCUT2D eigenvalue weighted by molar-refractivity contribution is -0.232. The molecule has 208 valence electrons. The molecule has 7 rings (SSSR count). The first-order chi connectivity index (χ1) is 18.5. The summed E-state index contributed by atoms with van der Waals surface area (Å²) in [5.41, 5.74) is -3.66. The van der Waals surface area contributed by atoms with E-state index in [2.05, 4.69) is 0 Å². The van der Waals surface area contributed by atoms with Gasteiger partial charge in [0.2, 0.25) is 5.60 Å². The number of hydrogen-bond acceptors (Lipinski definition) is 6. The number of alkyl halides is 1. The molecule has 0 aromatic heterocycles. The third-order valence-electron chi connectivity index (χ3n) is 11.2. The number of hydrogen-bond donors (Lipinski definition) is 1. The molecule has 6 aliphatic rings. The van der Waals surface area contributed by atoms with Crippen molar-refractivity contribution in [2.24, 2.45) is 34.5 Å². The van der Waals surface area contributed by atoms with Crippen LogP contribution >= 0.6 is 11.6 Å². The summed E-state index contributed by atoms with van der Waals surface area (Å²) >= 11 is 6.12. The molecule has 39 heavy (non-hydrogen) atoms. The summed E-state index contributed by atoms with van der Waals surface area (Å²) in [6, 6.07) is 7.30. The van der Waals surface area contributed by atoms with Crippen LogP contribution in [0.25, 0.3) is 0 Å². The van der Waals surface area contributed by atoms with Gasteiger partial charge in [-0.15, -0.1) is 0 Å². The fourth-order valence-electron chi connectivity index (χ4n) is 8.94. The van der Waals surface area contributed by atoms with Crippen molar-refractivity contribution in [3.05, 3.63) is 53.1 Å². The molecule has 6 nitrogen and oxygen atoms in total. The standard InChI is InChI=1S/C31H35ClFNO5/c1-28-12-11-23(35)13-19(28)5-10-24-25-14-20-16-34(22-8-6-21(32)7-9-22)39-31(20,27(37)38-17-18-3-4-18)29(25,2)15-26(36)30(24,28)33/h6-9,11-13,18,20,24-26,36H,3-5,10,14-17H2,1-2H3/t20-,24-,25-,26-,28-,29-,30-,31-/m0/s1. The highest BCUT2D eigenvalue weighted by atomic mass is 35.5. The van der Waals surface area contributed by atoms with Crippen LogP contribution in [0.2, 0.25) is 5.02 Å². The average molecular weight is 556 g/mol. The maximum Gasteiger partial charge on any atom is 0.342 e. The number of ketones is 1. The third-order valence-corrected chi connectivity index (χ3v) is 11.5. The van der Waals surface area contributed by atoms with E-state index in [0.717, 1.165) is 24.1 Å². The first-order valence-electron chi connectivity index (χ1n) is 14.2. The Kier molecular flexibility index (Phi) is 5.54. The molecular formula is C31H35ClFNO5. The van der Waals surface area contributed by atoms with E-state index < -0.39 is 40.1 Å². The molecule has 0 bridgehead atoms. The zero-order valence-corrected chi connectivity index (χ0v) is 23.1. The Labute approximate surface area is 233 Å². The predicted octanol–water partition coefficient (Wildman–Crippen LogP) is 5.38. The smallest absolute Gasteiger partial charge is 0.342 e. The van der Waals surface area contributed by atoms with Crippen LogP contribution in [0.4, 0.5) is 10.1 Å². The third kappa shape index (κ3) is 3.33. The lowest BCUT2D eigenvalue weighted by Crippen LogP contribution is -2.69. The van der Waals surface area contributed by atoms with Crippen LogP contribution in [-0.2, 0) is 19.2 Å². The van der Waals surface area contributed by atoms with Crippen molar-refractivity contribution in [1.82, 2.24) is 0 Å². The van der Waals surface area contributed by atoms with Crippen molar-refractivity contribution >= 4 is 29.0 Å². The van der Waals surface area contributed by atoms with Crippen molar-refractivity contribution in [2.75, 3.05) is 18.2 Å². The number of allylic oxidation sites excluding steroid dienone is 4. The average Bonchev–Trinajstić information content (AvgIpc) is 3.60. The van der Waals surface area contributed by atoms with Crippen molar-refractivity contribution in [1.29, 1.82) is 0 Å². The Morgan fingerprint density at radius 3 is 2.67 bits per heavy atom. The van der Waals surface area contributed by atoms with E-state index in [0.29, 0.717) is 43.4 Å². The number of aliphatic hydroxyl groups excluding tert-OH is 1. The summed E-state index contributed by atoms with van der Waals surface area (Å²) in [7, 11) is 0. The number of esters is 1. The fourth-order valence-corrected chi connectivity index (χ4v) is 9.07. The second-order valence-corrected chi connectivity index (χ2v) is 13.5. The van der Waals surface area contributed by atoms with Crippen molar-refractivity contribution < 1.29 is 28.7 Å². The summed E-state index contributed by atoms with van der Waals surface area (Å²) in [5, 5.41) is 14.1. The molecule has 4 saturated carbocycles. The Morgan fingerprint density at radius 1 is 1.21 bits per heavy atom. The van der Waals surface area contributed by atoms with Crippen LogP contribution in [0.1, 0.15) is 52.4 Å². The number of aliphatic hydroxyl groups is 1. The first kappa shape index (κ1) is 25.7. The minimum Gasteiger partial charge on any atom is -0.463 e. The Morgan fingerprint density at radius 2 is 1.95 bits per heavy atom. The second kappa shape index (κ2) is 8.40. The topological polar surface area (TPSA) is 76.1 Å². The molecule has 8 heteroatoms. The number of nitrogens with zero attached hydrogens (tertiary/aromatic N) is 1. The number of halogens is 2. The molecule has 0 unspecified atom stereocenters. The molecule has 5 aliphatic carbocycles. The Bertz CT molecular complexity index is 1290. The van der Waals surface area contributed by atoms with Gasteiger partial charge in [0.15, 0.2) is 11.5 Å². The van der Waals surface area contributed by atoms with Gasteiger partial charge in [0.25, 0.3) is 0 Å². The van der Waals surface area contributed by atoms with E-state index in [1.807, 2.05) is 26.0 Å². The molecule has 0 spiro atoms. The molecule has 1 saturated heterocycles. The maximum atomic E-state index is 17.6. The Balaban J connectivity index is 1.29. The van der Waals surface area contributed by atoms with Gasteiger partial charge in [-0.3, -0.25) is 14.7 Å². The highest BCUT2D eigenvalue weighted by molar-refractivity contribution is 6.30. The second-order valence-electron chi connectivity index (χ2n) is 13.1. The van der Waals surface area contributed by atoms with Crippen LogP contribution in [0.5, 0.6) is 0 Å². The van der Waals surface area contributed by atoms with E-state index in [4.69, 9.17) is 21.2 Å². The van der Waals surface area contributed by atoms with Gasteiger partial charge in [-0.1, -0.05) is 30.2 Å². The lowest BCUT2D eigenvalue weighted by atomic mass is 9.45. The number of benzene rings is 1. The number of rotatable bonds is 4. The summed E-state index contributed by atoms with van der Waals surface area (Å²) < 4.78 is 23.5. The van der Waals surface area contributed by atoms with E-state index in [-0.39, 0.29) is 24.0 Å². The van der Waals surface area contributed by atoms with Gasteiger partial charge in [-0.05, 0) is 93.7 Å². The van der Waals surface area contributed by atoms with E-state index in [1.54, 1.807) is 29.3 Å². The van der Waals surface area contributed by atoms with Crippen LogP contribution in [0.15, 0.2) is 48.1 Å². The number of ether oxygens (including phenoxy) is 1. The van der Waals surface area contributed by atoms with Crippen LogP contribution < -0.4 is 5.06 Å². The SMILES string of the molecule is C[C@]12C=CC(=O)C=C1CC[C@H]1[C@@H]3C[C@H]4CN(c5ccc(Cl)cc5)O[C@@]4(C(=O)OCC4CC4)[C@@]3(C)C[C@H](O)[C@@]12F. The van der Waals surface area contributed by atoms with Gasteiger partial charge < -0.3 is 9.84 Å². The van der Waals surface area contributed by atoms with E-state index in [1.165, 1.54) is 6.08 Å². The Hall–Kier alpha value is -2.22. The molecule has 1 aromatic rings. The van der Waals surface area contributed by atoms with Gasteiger partial charge in [-0.25, -0.2) is 9.18 Å². The minimum atomic E-state index is -1.95. The van der Waals surface area contributed by atoms with Crippen LogP contribution in [-0.4, -0.2) is 47.4 Å². The van der Waals surface area contributed by atoms with Gasteiger partial charge in [0, 0.05) is 27.7 Å². The number of anilines is 1. The maximum absolute atomic E-state index is 17.6. The molecule has 1 N–H and O–H groups in total. The van der Waals surface area contributed by atoms with Crippen molar-refractivity contribution in [2.45, 2.75) is 69.7 Å². The molecule has 1 aliphatic heterocycles. The number of hydroxylamine groups is 1. The van der Waals surface area contributed by atoms with Gasteiger partial charge >= 0.3 is 5.97 Å². The summed E-state index contributed by atoms with van der Waals surface area (Å²) in [6.45, 7) is 4.64. The summed E-state index contributed by atoms with van der Waals surface area (Å²) in [6.07, 6.45) is 7.17. The molecule has 1 aromatic carbocycles. The highest BCUT2D eigenvalue weighted by Crippen LogP contribution is 2.72. The normalized spacial score (nSPS) is 44.3. The predicted molar refractivity (Wildman–Crippen MR) is 144 cm³/mol. The van der Waals surface area contributed by atoms with Crippen LogP contribution in [0, 0.1) is 34.5 Å². The molecular weight excluding hydrogens is 521 g/mol.